The van der Waals surface area contributed by atoms with Crippen LogP contribution in [-0.4, -0.2) is 32.6 Å². The number of benzene rings is 1. The Balaban J connectivity index is 2.02. The van der Waals surface area contributed by atoms with Gasteiger partial charge in [-0.2, -0.15) is 0 Å². The number of hydrogen-bond acceptors (Lipinski definition) is 6. The molecule has 0 radical (unpaired) electrons. The summed E-state index contributed by atoms with van der Waals surface area (Å²) in [6.45, 7) is -0.357. The lowest BCUT2D eigenvalue weighted by atomic mass is 10.1. The molecule has 5 nitrogen and oxygen atoms in total. The average Bonchev–Trinajstić information content (AvgIpc) is 2.98. The maximum absolute atomic E-state index is 12.1. The van der Waals surface area contributed by atoms with Gasteiger partial charge in [0.2, 0.25) is 0 Å². The predicted octanol–water partition coefficient (Wildman–Crippen LogP) is 3.46. The summed E-state index contributed by atoms with van der Waals surface area (Å²) < 4.78 is 15.7. The van der Waals surface area contributed by atoms with E-state index in [0.29, 0.717) is 26.3 Å². The van der Waals surface area contributed by atoms with Gasteiger partial charge in [0.15, 0.2) is 23.9 Å². The highest BCUT2D eigenvalue weighted by atomic mass is 35.5. The Morgan fingerprint density at radius 1 is 1.09 bits per heavy atom. The summed E-state index contributed by atoms with van der Waals surface area (Å²) >= 11 is 6.84. The smallest absolute Gasteiger partial charge is 0.348 e. The first-order chi connectivity index (χ1) is 10.5. The standard InChI is InChI=1S/C15H13ClO5S/c1-19-11-4-3-9(7-12(11)20-2)10(17)8-21-15(18)13-5-6-14(16)22-13/h3-7H,8H2,1-2H3. The molecule has 7 heteroatoms. The maximum atomic E-state index is 12.1. The number of thiophene rings is 1. The topological polar surface area (TPSA) is 61.8 Å². The molecule has 0 saturated heterocycles. The largest absolute Gasteiger partial charge is 0.493 e. The van der Waals surface area contributed by atoms with Crippen molar-refractivity contribution in [1.82, 2.24) is 0 Å². The normalized spacial score (nSPS) is 10.1. The van der Waals surface area contributed by atoms with Crippen LogP contribution in [0.2, 0.25) is 4.34 Å². The SMILES string of the molecule is COc1ccc(C(=O)COC(=O)c2ccc(Cl)s2)cc1OC. The number of halogens is 1. The third-order valence-corrected chi connectivity index (χ3v) is 4.03. The maximum Gasteiger partial charge on any atom is 0.348 e. The number of methoxy groups -OCH3 is 2. The summed E-state index contributed by atoms with van der Waals surface area (Å²) in [6, 6.07) is 7.89. The molecule has 0 amide bonds. The van der Waals surface area contributed by atoms with Gasteiger partial charge < -0.3 is 14.2 Å². The zero-order valence-electron chi connectivity index (χ0n) is 11.9. The molecule has 0 aliphatic rings. The van der Waals surface area contributed by atoms with Crippen LogP contribution in [0.4, 0.5) is 0 Å². The Bertz CT molecular complexity index is 695. The first kappa shape index (κ1) is 16.3. The van der Waals surface area contributed by atoms with Gasteiger partial charge in [0, 0.05) is 5.56 Å². The summed E-state index contributed by atoms with van der Waals surface area (Å²) in [5.41, 5.74) is 0.370. The van der Waals surface area contributed by atoms with Gasteiger partial charge in [-0.05, 0) is 30.3 Å². The molecule has 0 aliphatic carbocycles. The fourth-order valence-electron chi connectivity index (χ4n) is 1.72. The van der Waals surface area contributed by atoms with Gasteiger partial charge in [-0.25, -0.2) is 4.79 Å². The number of esters is 1. The van der Waals surface area contributed by atoms with E-state index >= 15 is 0 Å². The summed E-state index contributed by atoms with van der Waals surface area (Å²) in [4.78, 5) is 24.2. The molecule has 22 heavy (non-hydrogen) atoms. The fraction of sp³-hybridized carbons (Fsp3) is 0.200. The Kier molecular flexibility index (Phi) is 5.41. The molecular weight excluding hydrogens is 328 g/mol. The van der Waals surface area contributed by atoms with Crippen molar-refractivity contribution in [3.63, 3.8) is 0 Å². The van der Waals surface area contributed by atoms with Crippen LogP contribution >= 0.6 is 22.9 Å². The Labute approximate surface area is 136 Å². The molecule has 1 aromatic carbocycles. The van der Waals surface area contributed by atoms with Crippen molar-refractivity contribution in [3.05, 3.63) is 45.1 Å². The van der Waals surface area contributed by atoms with Gasteiger partial charge in [0.05, 0.1) is 18.6 Å². The molecule has 0 spiro atoms. The summed E-state index contributed by atoms with van der Waals surface area (Å²) in [7, 11) is 2.99. The molecule has 0 bridgehead atoms. The van der Waals surface area contributed by atoms with Gasteiger partial charge in [0.1, 0.15) is 4.88 Å². The lowest BCUT2D eigenvalue weighted by molar-refractivity contribution is 0.0479. The Hall–Kier alpha value is -2.05. The molecule has 116 valence electrons. The monoisotopic (exact) mass is 340 g/mol. The van der Waals surface area contributed by atoms with Crippen molar-refractivity contribution in [2.75, 3.05) is 20.8 Å². The molecule has 1 heterocycles. The zero-order chi connectivity index (χ0) is 16.1. The van der Waals surface area contributed by atoms with E-state index in [1.54, 1.807) is 24.3 Å². The number of ether oxygens (including phenoxy) is 3. The van der Waals surface area contributed by atoms with Gasteiger partial charge in [-0.1, -0.05) is 11.6 Å². The second-order valence-electron chi connectivity index (χ2n) is 4.17. The molecule has 0 saturated carbocycles. The van der Waals surface area contributed by atoms with Gasteiger partial charge in [-0.15, -0.1) is 11.3 Å². The third kappa shape index (κ3) is 3.78. The number of carbonyl (C=O) groups excluding carboxylic acids is 2. The highest BCUT2D eigenvalue weighted by molar-refractivity contribution is 7.17. The Morgan fingerprint density at radius 2 is 1.82 bits per heavy atom. The highest BCUT2D eigenvalue weighted by Crippen LogP contribution is 2.28. The molecule has 0 atom stereocenters. The van der Waals surface area contributed by atoms with Crippen LogP contribution in [-0.2, 0) is 4.74 Å². The molecule has 0 N–H and O–H groups in total. The van der Waals surface area contributed by atoms with Gasteiger partial charge in [0.25, 0.3) is 0 Å². The predicted molar refractivity (Wildman–Crippen MR) is 83.5 cm³/mol. The van der Waals surface area contributed by atoms with Gasteiger partial charge >= 0.3 is 5.97 Å². The second kappa shape index (κ2) is 7.29. The lowest BCUT2D eigenvalue weighted by Gasteiger charge is -2.09. The van der Waals surface area contributed by atoms with Crippen molar-refractivity contribution < 1.29 is 23.8 Å². The van der Waals surface area contributed by atoms with Crippen LogP contribution in [0.25, 0.3) is 0 Å². The molecule has 2 aromatic rings. The van der Waals surface area contributed by atoms with Crippen LogP contribution < -0.4 is 9.47 Å². The van der Waals surface area contributed by atoms with E-state index in [1.807, 2.05) is 0 Å². The summed E-state index contributed by atoms with van der Waals surface area (Å²) in [5, 5.41) is 0. The van der Waals surface area contributed by atoms with Crippen LogP contribution in [0, 0.1) is 0 Å². The second-order valence-corrected chi connectivity index (χ2v) is 5.89. The minimum absolute atomic E-state index is 0.336. The van der Waals surface area contributed by atoms with E-state index in [2.05, 4.69) is 0 Å². The minimum atomic E-state index is -0.578. The van der Waals surface area contributed by atoms with Crippen LogP contribution in [0.5, 0.6) is 11.5 Å². The molecule has 1 aromatic heterocycles. The molecule has 0 unspecified atom stereocenters. The van der Waals surface area contributed by atoms with Gasteiger partial charge in [-0.3, -0.25) is 4.79 Å². The van der Waals surface area contributed by atoms with Crippen LogP contribution in [0.3, 0.4) is 0 Å². The fourth-order valence-corrected chi connectivity index (χ4v) is 2.66. The van der Waals surface area contributed by atoms with E-state index in [-0.39, 0.29) is 12.4 Å². The molecule has 0 aliphatic heterocycles. The third-order valence-electron chi connectivity index (χ3n) is 2.81. The molecule has 2 rings (SSSR count). The van der Waals surface area contributed by atoms with Crippen LogP contribution in [0.15, 0.2) is 30.3 Å². The average molecular weight is 341 g/mol. The van der Waals surface area contributed by atoms with Crippen molar-refractivity contribution in [1.29, 1.82) is 0 Å². The van der Waals surface area contributed by atoms with Crippen molar-refractivity contribution in [2.24, 2.45) is 0 Å². The number of ketones is 1. The highest BCUT2D eigenvalue weighted by Gasteiger charge is 2.15. The van der Waals surface area contributed by atoms with E-state index in [9.17, 15) is 9.59 Å². The van der Waals surface area contributed by atoms with Crippen LogP contribution in [0.1, 0.15) is 20.0 Å². The zero-order valence-corrected chi connectivity index (χ0v) is 13.5. The van der Waals surface area contributed by atoms with E-state index in [0.717, 1.165) is 11.3 Å². The number of hydrogen-bond donors (Lipinski definition) is 0. The van der Waals surface area contributed by atoms with Crippen molar-refractivity contribution in [3.8, 4) is 11.5 Å². The minimum Gasteiger partial charge on any atom is -0.493 e. The summed E-state index contributed by atoms with van der Waals surface area (Å²) in [6.07, 6.45) is 0. The number of Topliss-reactive ketones (excluding diaryl/α,β-unsaturated/α-hetero) is 1. The van der Waals surface area contributed by atoms with E-state index in [1.165, 1.54) is 20.3 Å². The van der Waals surface area contributed by atoms with Crippen molar-refractivity contribution in [2.45, 2.75) is 0 Å². The number of carbonyl (C=O) groups is 2. The quantitative estimate of drug-likeness (QED) is 0.595. The molecular formula is C15H13ClO5S. The molecule has 0 fully saturated rings. The van der Waals surface area contributed by atoms with Crippen molar-refractivity contribution >= 4 is 34.7 Å². The first-order valence-corrected chi connectivity index (χ1v) is 7.42. The van der Waals surface area contributed by atoms with E-state index < -0.39 is 5.97 Å². The first-order valence-electron chi connectivity index (χ1n) is 6.23. The number of rotatable bonds is 6. The van der Waals surface area contributed by atoms with E-state index in [4.69, 9.17) is 25.8 Å². The summed E-state index contributed by atoms with van der Waals surface area (Å²) in [5.74, 6) is 0.0386. The lowest BCUT2D eigenvalue weighted by Crippen LogP contribution is -2.13. The Morgan fingerprint density at radius 3 is 2.41 bits per heavy atom.